The van der Waals surface area contributed by atoms with E-state index in [0.717, 1.165) is 12.5 Å². The molecule has 0 radical (unpaired) electrons. The van der Waals surface area contributed by atoms with E-state index in [0.29, 0.717) is 18.8 Å². The van der Waals surface area contributed by atoms with E-state index >= 15 is 0 Å². The summed E-state index contributed by atoms with van der Waals surface area (Å²) >= 11 is 0. The highest BCUT2D eigenvalue weighted by Crippen LogP contribution is 2.24. The molecule has 0 unspecified atom stereocenters. The highest BCUT2D eigenvalue weighted by atomic mass is 19.1. The molecule has 0 saturated carbocycles. The van der Waals surface area contributed by atoms with E-state index in [4.69, 9.17) is 0 Å². The minimum absolute atomic E-state index is 0.0388. The van der Waals surface area contributed by atoms with Crippen molar-refractivity contribution in [3.63, 3.8) is 0 Å². The fourth-order valence-corrected chi connectivity index (χ4v) is 2.12. The number of rotatable bonds is 2. The Labute approximate surface area is 98.4 Å². The highest BCUT2D eigenvalue weighted by molar-refractivity contribution is 5.73. The van der Waals surface area contributed by atoms with Gasteiger partial charge in [-0.2, -0.15) is 0 Å². The standard InChI is InChI=1S/C12H14F2N2O/c1-8(17)15-10-4-5-16(7-10)12-3-2-9(13)6-11(12)14/h2-3,6,10H,4-5,7H2,1H3,(H,15,17)/t10-/m1/s1. The largest absolute Gasteiger partial charge is 0.367 e. The van der Waals surface area contributed by atoms with Gasteiger partial charge in [-0.3, -0.25) is 4.79 Å². The van der Waals surface area contributed by atoms with Crippen molar-refractivity contribution in [1.29, 1.82) is 0 Å². The molecule has 1 fully saturated rings. The number of hydrogen-bond acceptors (Lipinski definition) is 2. The minimum Gasteiger partial charge on any atom is -0.367 e. The number of hydrogen-bond donors (Lipinski definition) is 1. The Bertz CT molecular complexity index is 437. The van der Waals surface area contributed by atoms with Crippen molar-refractivity contribution in [3.8, 4) is 0 Å². The Morgan fingerprint density at radius 1 is 1.47 bits per heavy atom. The second-order valence-electron chi connectivity index (χ2n) is 4.23. The second kappa shape index (κ2) is 4.69. The van der Waals surface area contributed by atoms with Crippen LogP contribution in [-0.2, 0) is 4.79 Å². The van der Waals surface area contributed by atoms with Gasteiger partial charge in [-0.15, -0.1) is 0 Å². The molecular formula is C12H14F2N2O. The molecule has 1 aliphatic heterocycles. The van der Waals surface area contributed by atoms with Gasteiger partial charge >= 0.3 is 0 Å². The van der Waals surface area contributed by atoms with Gasteiger partial charge in [0.25, 0.3) is 0 Å². The molecule has 3 nitrogen and oxygen atoms in total. The third-order valence-electron chi connectivity index (χ3n) is 2.85. The van der Waals surface area contributed by atoms with Crippen molar-refractivity contribution in [2.24, 2.45) is 0 Å². The lowest BCUT2D eigenvalue weighted by molar-refractivity contribution is -0.119. The van der Waals surface area contributed by atoms with Gasteiger partial charge in [0.1, 0.15) is 11.6 Å². The smallest absolute Gasteiger partial charge is 0.217 e. The molecule has 1 N–H and O–H groups in total. The van der Waals surface area contributed by atoms with Crippen molar-refractivity contribution in [3.05, 3.63) is 29.8 Å². The molecule has 1 saturated heterocycles. The number of nitrogens with zero attached hydrogens (tertiary/aromatic N) is 1. The number of benzene rings is 1. The highest BCUT2D eigenvalue weighted by Gasteiger charge is 2.24. The van der Waals surface area contributed by atoms with Crippen LogP contribution in [0.25, 0.3) is 0 Å². The van der Waals surface area contributed by atoms with Crippen molar-refractivity contribution in [2.75, 3.05) is 18.0 Å². The molecule has 1 aliphatic rings. The Morgan fingerprint density at radius 3 is 2.88 bits per heavy atom. The summed E-state index contributed by atoms with van der Waals surface area (Å²) in [6, 6.07) is 3.59. The lowest BCUT2D eigenvalue weighted by Gasteiger charge is -2.19. The van der Waals surface area contributed by atoms with Gasteiger partial charge in [-0.1, -0.05) is 0 Å². The summed E-state index contributed by atoms with van der Waals surface area (Å²) in [6.07, 6.45) is 0.774. The number of halogens is 2. The normalized spacial score (nSPS) is 19.5. The molecule has 2 rings (SSSR count). The number of nitrogens with one attached hydrogen (secondary N) is 1. The maximum absolute atomic E-state index is 13.5. The second-order valence-corrected chi connectivity index (χ2v) is 4.23. The van der Waals surface area contributed by atoms with Crippen LogP contribution in [0.2, 0.25) is 0 Å². The van der Waals surface area contributed by atoms with Gasteiger partial charge in [-0.25, -0.2) is 8.78 Å². The van der Waals surface area contributed by atoms with Gasteiger partial charge in [-0.05, 0) is 18.6 Å². The minimum atomic E-state index is -0.580. The van der Waals surface area contributed by atoms with Crippen LogP contribution >= 0.6 is 0 Å². The molecule has 17 heavy (non-hydrogen) atoms. The van der Waals surface area contributed by atoms with Gasteiger partial charge < -0.3 is 10.2 Å². The van der Waals surface area contributed by atoms with E-state index in [1.54, 1.807) is 0 Å². The van der Waals surface area contributed by atoms with E-state index in [1.807, 2.05) is 4.90 Å². The third kappa shape index (κ3) is 2.72. The molecule has 1 heterocycles. The number of carbonyl (C=O) groups is 1. The van der Waals surface area contributed by atoms with E-state index < -0.39 is 11.6 Å². The van der Waals surface area contributed by atoms with Crippen LogP contribution < -0.4 is 10.2 Å². The zero-order chi connectivity index (χ0) is 12.4. The number of carbonyl (C=O) groups excluding carboxylic acids is 1. The number of amides is 1. The first-order chi connectivity index (χ1) is 8.06. The first-order valence-corrected chi connectivity index (χ1v) is 5.53. The maximum Gasteiger partial charge on any atom is 0.217 e. The van der Waals surface area contributed by atoms with Crippen LogP contribution in [0.4, 0.5) is 14.5 Å². The molecule has 5 heteroatoms. The molecule has 1 amide bonds. The van der Waals surface area contributed by atoms with Gasteiger partial charge in [0.15, 0.2) is 0 Å². The van der Waals surface area contributed by atoms with E-state index in [2.05, 4.69) is 5.32 Å². The SMILES string of the molecule is CC(=O)N[C@@H]1CCN(c2ccc(F)cc2F)C1. The van der Waals surface area contributed by atoms with Crippen molar-refractivity contribution < 1.29 is 13.6 Å². The van der Waals surface area contributed by atoms with Crippen LogP contribution in [0, 0.1) is 11.6 Å². The summed E-state index contributed by atoms with van der Waals surface area (Å²) in [6.45, 7) is 2.68. The van der Waals surface area contributed by atoms with E-state index in [-0.39, 0.29) is 11.9 Å². The van der Waals surface area contributed by atoms with Crippen LogP contribution in [0.15, 0.2) is 18.2 Å². The van der Waals surface area contributed by atoms with Crippen LogP contribution in [-0.4, -0.2) is 25.0 Å². The monoisotopic (exact) mass is 240 g/mol. The average Bonchev–Trinajstić information content (AvgIpc) is 2.65. The first-order valence-electron chi connectivity index (χ1n) is 5.53. The predicted octanol–water partition coefficient (Wildman–Crippen LogP) is 1.68. The summed E-state index contributed by atoms with van der Waals surface area (Å²) in [5.41, 5.74) is 0.388. The zero-order valence-corrected chi connectivity index (χ0v) is 9.54. The third-order valence-corrected chi connectivity index (χ3v) is 2.85. The van der Waals surface area contributed by atoms with Crippen LogP contribution in [0.5, 0.6) is 0 Å². The molecule has 0 spiro atoms. The van der Waals surface area contributed by atoms with Crippen molar-refractivity contribution in [2.45, 2.75) is 19.4 Å². The maximum atomic E-state index is 13.5. The Hall–Kier alpha value is -1.65. The summed E-state index contributed by atoms with van der Waals surface area (Å²) in [4.78, 5) is 12.7. The molecule has 1 aromatic rings. The number of anilines is 1. The zero-order valence-electron chi connectivity index (χ0n) is 9.54. The summed E-state index contributed by atoms with van der Waals surface area (Å²) in [5, 5.41) is 2.80. The first kappa shape index (κ1) is 11.8. The van der Waals surface area contributed by atoms with Gasteiger partial charge in [0.05, 0.1) is 5.69 Å². The molecule has 1 aromatic carbocycles. The summed E-state index contributed by atoms with van der Waals surface area (Å²) in [7, 11) is 0. The quantitative estimate of drug-likeness (QED) is 0.853. The Kier molecular flexibility index (Phi) is 3.26. The molecule has 0 bridgehead atoms. The topological polar surface area (TPSA) is 32.3 Å². The molecule has 92 valence electrons. The molecule has 1 atom stereocenters. The Morgan fingerprint density at radius 2 is 2.24 bits per heavy atom. The van der Waals surface area contributed by atoms with E-state index in [1.165, 1.54) is 19.1 Å². The Balaban J connectivity index is 2.07. The van der Waals surface area contributed by atoms with Crippen molar-refractivity contribution in [1.82, 2.24) is 5.32 Å². The fraction of sp³-hybridized carbons (Fsp3) is 0.417. The molecular weight excluding hydrogens is 226 g/mol. The van der Waals surface area contributed by atoms with Crippen molar-refractivity contribution >= 4 is 11.6 Å². The van der Waals surface area contributed by atoms with Gasteiger partial charge in [0.2, 0.25) is 5.91 Å². The predicted molar refractivity (Wildman–Crippen MR) is 60.8 cm³/mol. The molecule has 0 aromatic heterocycles. The van der Waals surface area contributed by atoms with Crippen LogP contribution in [0.1, 0.15) is 13.3 Å². The summed E-state index contributed by atoms with van der Waals surface area (Å²) < 4.78 is 26.3. The summed E-state index contributed by atoms with van der Waals surface area (Å²) in [5.74, 6) is -1.23. The fourth-order valence-electron chi connectivity index (χ4n) is 2.12. The lowest BCUT2D eigenvalue weighted by Crippen LogP contribution is -2.35. The van der Waals surface area contributed by atoms with E-state index in [9.17, 15) is 13.6 Å². The average molecular weight is 240 g/mol. The molecule has 0 aliphatic carbocycles. The van der Waals surface area contributed by atoms with Gasteiger partial charge in [0, 0.05) is 32.1 Å². The van der Waals surface area contributed by atoms with Crippen LogP contribution in [0.3, 0.4) is 0 Å². The lowest BCUT2D eigenvalue weighted by atomic mass is 10.2.